The van der Waals surface area contributed by atoms with Gasteiger partial charge in [-0.3, -0.25) is 0 Å². The van der Waals surface area contributed by atoms with Gasteiger partial charge in [0.1, 0.15) is 23.3 Å². The fraction of sp³-hybridized carbons (Fsp3) is 0.0968. The van der Waals surface area contributed by atoms with Crippen LogP contribution in [-0.4, -0.2) is 31.7 Å². The standard InChI is InChI=1S/C31H21N5O3S/c1-37-20-13-10-19(11-14-20)26-22-15-12-18-6-2-3-7-21(18)28(22)39-30-27(26)29-34-25(35-36(29)17-32-30)16-40-31-33-23-8-4-5-9-24(23)38-31/h2-15,17,26H,16H2,1H3/t26-/m1/s1. The van der Waals surface area contributed by atoms with Crippen LogP contribution in [0.15, 0.2) is 101 Å². The molecule has 3 aromatic heterocycles. The molecule has 0 aliphatic carbocycles. The number of thioether (sulfide) groups is 1. The number of oxazole rings is 1. The zero-order chi connectivity index (χ0) is 26.6. The third kappa shape index (κ3) is 3.70. The first-order chi connectivity index (χ1) is 19.7. The van der Waals surface area contributed by atoms with Gasteiger partial charge in [-0.15, -0.1) is 5.10 Å². The molecule has 7 aromatic rings. The summed E-state index contributed by atoms with van der Waals surface area (Å²) in [6.45, 7) is 0. The Labute approximate surface area is 232 Å². The van der Waals surface area contributed by atoms with E-state index in [1.54, 1.807) is 18.0 Å². The van der Waals surface area contributed by atoms with Gasteiger partial charge in [-0.25, -0.2) is 19.5 Å². The molecule has 0 radical (unpaired) electrons. The lowest BCUT2D eigenvalue weighted by Crippen LogP contribution is -2.15. The predicted octanol–water partition coefficient (Wildman–Crippen LogP) is 7.01. The molecule has 9 heteroatoms. The summed E-state index contributed by atoms with van der Waals surface area (Å²) in [4.78, 5) is 14.2. The number of fused-ring (bicyclic) bond motifs is 7. The Kier molecular flexibility index (Phi) is 5.24. The Morgan fingerprint density at radius 1 is 0.925 bits per heavy atom. The predicted molar refractivity (Wildman–Crippen MR) is 152 cm³/mol. The zero-order valence-corrected chi connectivity index (χ0v) is 22.1. The fourth-order valence-electron chi connectivity index (χ4n) is 5.33. The number of hydrogen-bond donors (Lipinski definition) is 0. The average molecular weight is 544 g/mol. The van der Waals surface area contributed by atoms with Crippen molar-refractivity contribution in [3.8, 4) is 17.4 Å². The second-order valence-corrected chi connectivity index (χ2v) is 10.4. The normalized spacial score (nSPS) is 14.3. The number of hydrogen-bond acceptors (Lipinski definition) is 8. The smallest absolute Gasteiger partial charge is 0.257 e. The Hall–Kier alpha value is -4.89. The molecule has 8 rings (SSSR count). The van der Waals surface area contributed by atoms with Crippen LogP contribution in [0, 0.1) is 0 Å². The molecule has 4 heterocycles. The highest BCUT2D eigenvalue weighted by atomic mass is 32.2. The van der Waals surface area contributed by atoms with Crippen LogP contribution < -0.4 is 9.47 Å². The van der Waals surface area contributed by atoms with Gasteiger partial charge in [0.2, 0.25) is 5.88 Å². The van der Waals surface area contributed by atoms with E-state index in [2.05, 4.69) is 41.4 Å². The van der Waals surface area contributed by atoms with E-state index in [4.69, 9.17) is 29.0 Å². The lowest BCUT2D eigenvalue weighted by atomic mass is 9.83. The van der Waals surface area contributed by atoms with E-state index in [1.807, 2.05) is 48.5 Å². The minimum atomic E-state index is -0.160. The number of para-hydroxylation sites is 2. The van der Waals surface area contributed by atoms with E-state index >= 15 is 0 Å². The lowest BCUT2D eigenvalue weighted by molar-refractivity contribution is 0.414. The molecule has 0 saturated heterocycles. The fourth-order valence-corrected chi connectivity index (χ4v) is 6.02. The Bertz CT molecular complexity index is 2020. The number of rotatable bonds is 5. The molecule has 1 aliphatic rings. The van der Waals surface area contributed by atoms with Crippen LogP contribution >= 0.6 is 11.8 Å². The van der Waals surface area contributed by atoms with Gasteiger partial charge in [0, 0.05) is 16.9 Å². The van der Waals surface area contributed by atoms with Crippen molar-refractivity contribution in [1.82, 2.24) is 24.6 Å². The Morgan fingerprint density at radius 3 is 2.65 bits per heavy atom. The highest BCUT2D eigenvalue weighted by Crippen LogP contribution is 2.50. The quantitative estimate of drug-likeness (QED) is 0.214. The van der Waals surface area contributed by atoms with E-state index in [0.717, 1.165) is 50.1 Å². The number of nitrogens with zero attached hydrogens (tertiary/aromatic N) is 5. The van der Waals surface area contributed by atoms with Crippen molar-refractivity contribution < 1.29 is 13.9 Å². The maximum Gasteiger partial charge on any atom is 0.257 e. The Balaban J connectivity index is 1.24. The topological polar surface area (TPSA) is 87.6 Å². The second-order valence-electron chi connectivity index (χ2n) is 9.51. The van der Waals surface area contributed by atoms with Gasteiger partial charge in [0.15, 0.2) is 17.1 Å². The number of benzene rings is 4. The van der Waals surface area contributed by atoms with Crippen LogP contribution in [0.3, 0.4) is 0 Å². The summed E-state index contributed by atoms with van der Waals surface area (Å²) >= 11 is 1.46. The summed E-state index contributed by atoms with van der Waals surface area (Å²) < 4.78 is 19.5. The van der Waals surface area contributed by atoms with Gasteiger partial charge in [-0.1, -0.05) is 72.4 Å². The van der Waals surface area contributed by atoms with E-state index in [1.165, 1.54) is 11.8 Å². The maximum atomic E-state index is 6.52. The van der Waals surface area contributed by atoms with Gasteiger partial charge in [0.25, 0.3) is 5.22 Å². The van der Waals surface area contributed by atoms with Gasteiger partial charge in [0.05, 0.1) is 18.4 Å². The minimum absolute atomic E-state index is 0.160. The van der Waals surface area contributed by atoms with Crippen molar-refractivity contribution in [1.29, 1.82) is 0 Å². The molecular formula is C31H21N5O3S. The maximum absolute atomic E-state index is 6.52. The number of methoxy groups -OCH3 is 1. The summed E-state index contributed by atoms with van der Waals surface area (Å²) in [6, 6.07) is 28.4. The third-order valence-corrected chi connectivity index (χ3v) is 8.01. The van der Waals surface area contributed by atoms with Crippen LogP contribution in [0.1, 0.15) is 28.4 Å². The van der Waals surface area contributed by atoms with Crippen molar-refractivity contribution in [2.24, 2.45) is 0 Å². The van der Waals surface area contributed by atoms with E-state index < -0.39 is 0 Å². The second kappa shape index (κ2) is 9.10. The minimum Gasteiger partial charge on any atom is -0.497 e. The summed E-state index contributed by atoms with van der Waals surface area (Å²) in [6.07, 6.45) is 1.66. The molecule has 0 fully saturated rings. The Morgan fingerprint density at radius 2 is 1.77 bits per heavy atom. The molecule has 0 bridgehead atoms. The van der Waals surface area contributed by atoms with Crippen molar-refractivity contribution in [3.05, 3.63) is 114 Å². The van der Waals surface area contributed by atoms with Crippen LogP contribution in [0.25, 0.3) is 27.5 Å². The first-order valence-electron chi connectivity index (χ1n) is 12.8. The van der Waals surface area contributed by atoms with E-state index in [-0.39, 0.29) is 5.92 Å². The van der Waals surface area contributed by atoms with E-state index in [0.29, 0.717) is 28.3 Å². The largest absolute Gasteiger partial charge is 0.497 e. The van der Waals surface area contributed by atoms with Crippen molar-refractivity contribution in [2.45, 2.75) is 16.9 Å². The van der Waals surface area contributed by atoms with Crippen LogP contribution in [0.2, 0.25) is 0 Å². The molecule has 0 saturated carbocycles. The summed E-state index contributed by atoms with van der Waals surface area (Å²) in [5.74, 6) is 3.13. The van der Waals surface area contributed by atoms with Crippen LogP contribution in [0.4, 0.5) is 0 Å². The summed E-state index contributed by atoms with van der Waals surface area (Å²) in [5, 5.41) is 7.47. The first-order valence-corrected chi connectivity index (χ1v) is 13.8. The van der Waals surface area contributed by atoms with Crippen molar-refractivity contribution in [3.63, 3.8) is 0 Å². The molecule has 0 unspecified atom stereocenters. The van der Waals surface area contributed by atoms with Crippen LogP contribution in [-0.2, 0) is 5.75 Å². The molecule has 1 atom stereocenters. The number of ether oxygens (including phenoxy) is 2. The highest BCUT2D eigenvalue weighted by molar-refractivity contribution is 7.98. The molecule has 8 nitrogen and oxygen atoms in total. The van der Waals surface area contributed by atoms with Crippen molar-refractivity contribution >= 4 is 39.3 Å². The van der Waals surface area contributed by atoms with Gasteiger partial charge < -0.3 is 13.9 Å². The molecular weight excluding hydrogens is 522 g/mol. The highest BCUT2D eigenvalue weighted by Gasteiger charge is 2.34. The van der Waals surface area contributed by atoms with Gasteiger partial charge >= 0.3 is 0 Å². The molecule has 0 N–H and O–H groups in total. The third-order valence-electron chi connectivity index (χ3n) is 7.19. The van der Waals surface area contributed by atoms with Gasteiger partial charge in [-0.2, -0.15) is 0 Å². The lowest BCUT2D eigenvalue weighted by Gasteiger charge is -2.28. The SMILES string of the molecule is COc1ccc([C@@H]2c3ccc4ccccc4c3Oc3ncn4nc(CSc5nc6ccccc6o5)nc4c32)cc1. The first kappa shape index (κ1) is 23.0. The molecule has 1 aliphatic heterocycles. The summed E-state index contributed by atoms with van der Waals surface area (Å²) in [5.41, 5.74) is 5.31. The van der Waals surface area contributed by atoms with E-state index in [9.17, 15) is 0 Å². The van der Waals surface area contributed by atoms with Gasteiger partial charge in [-0.05, 0) is 35.2 Å². The monoisotopic (exact) mass is 543 g/mol. The zero-order valence-electron chi connectivity index (χ0n) is 21.3. The number of aromatic nitrogens is 5. The molecule has 194 valence electrons. The summed E-state index contributed by atoms with van der Waals surface area (Å²) in [7, 11) is 1.67. The molecule has 0 amide bonds. The van der Waals surface area contributed by atoms with Crippen molar-refractivity contribution in [2.75, 3.05) is 7.11 Å². The molecule has 4 aromatic carbocycles. The molecule has 0 spiro atoms. The molecule has 40 heavy (non-hydrogen) atoms. The average Bonchev–Trinajstić information content (AvgIpc) is 3.62. The van der Waals surface area contributed by atoms with Crippen LogP contribution in [0.5, 0.6) is 17.4 Å².